The molecule has 0 aliphatic rings. The van der Waals surface area contributed by atoms with Gasteiger partial charge in [0.1, 0.15) is 5.60 Å². The Morgan fingerprint density at radius 2 is 1.62 bits per heavy atom. The summed E-state index contributed by atoms with van der Waals surface area (Å²) >= 11 is 0. The molecule has 1 aromatic carbocycles. The monoisotopic (exact) mass is 561 g/mol. The van der Waals surface area contributed by atoms with Gasteiger partial charge < -0.3 is 26.0 Å². The number of carbonyl (C=O) groups is 2. The van der Waals surface area contributed by atoms with Crippen LogP contribution in [0, 0.1) is 0 Å². The molecule has 2 amide bonds. The number of nitrogens with zero attached hydrogens (tertiary/aromatic N) is 1. The Kier molecular flexibility index (Phi) is 13.3. The molecule has 0 unspecified atom stereocenters. The normalized spacial score (nSPS) is 11.8. The third kappa shape index (κ3) is 12.7. The fraction of sp³-hybridized carbons (Fsp3) is 0.609. The number of benzene rings is 1. The standard InChI is InChI=1S/C23H39N5O3.HI/c1-8-9-14-25-19(29)18-12-10-17(11-13-18)15-26-20(24-7)27-16-23(5,6)28-21(30)31-22(2,3)4;/h10-13H,8-9,14-16H2,1-7H3,(H,25,29)(H,28,30)(H2,24,26,27);1H. The zero-order chi connectivity index (χ0) is 23.5. The maximum Gasteiger partial charge on any atom is 0.408 e. The summed E-state index contributed by atoms with van der Waals surface area (Å²) in [5, 5.41) is 12.2. The number of carbonyl (C=O) groups excluding carboxylic acids is 2. The van der Waals surface area contributed by atoms with E-state index in [9.17, 15) is 9.59 Å². The van der Waals surface area contributed by atoms with E-state index in [2.05, 4.69) is 33.2 Å². The summed E-state index contributed by atoms with van der Waals surface area (Å²) in [6, 6.07) is 7.48. The van der Waals surface area contributed by atoms with E-state index in [-0.39, 0.29) is 29.9 Å². The van der Waals surface area contributed by atoms with E-state index in [0.717, 1.165) is 18.4 Å². The molecular weight excluding hydrogens is 521 g/mol. The molecule has 1 aromatic rings. The van der Waals surface area contributed by atoms with Crippen LogP contribution in [0.2, 0.25) is 0 Å². The van der Waals surface area contributed by atoms with Gasteiger partial charge in [-0.3, -0.25) is 9.79 Å². The lowest BCUT2D eigenvalue weighted by Gasteiger charge is -2.29. The summed E-state index contributed by atoms with van der Waals surface area (Å²) in [5.74, 6) is 0.561. The first-order valence-corrected chi connectivity index (χ1v) is 10.8. The van der Waals surface area contributed by atoms with Crippen molar-refractivity contribution < 1.29 is 14.3 Å². The zero-order valence-electron chi connectivity index (χ0n) is 20.4. The summed E-state index contributed by atoms with van der Waals surface area (Å²) in [7, 11) is 1.69. The van der Waals surface area contributed by atoms with Crippen molar-refractivity contribution in [1.82, 2.24) is 21.3 Å². The van der Waals surface area contributed by atoms with Crippen LogP contribution >= 0.6 is 24.0 Å². The smallest absolute Gasteiger partial charge is 0.408 e. The Hall–Kier alpha value is -2.04. The molecule has 9 heteroatoms. The summed E-state index contributed by atoms with van der Waals surface area (Å²) in [6.07, 6.45) is 1.57. The van der Waals surface area contributed by atoms with Gasteiger partial charge in [-0.05, 0) is 58.7 Å². The van der Waals surface area contributed by atoms with E-state index in [1.165, 1.54) is 0 Å². The quantitative estimate of drug-likeness (QED) is 0.159. The SMILES string of the molecule is CCCCNC(=O)c1ccc(CNC(=NC)NCC(C)(C)NC(=O)OC(C)(C)C)cc1.I. The van der Waals surface area contributed by atoms with Crippen molar-refractivity contribution in [2.24, 2.45) is 4.99 Å². The molecule has 0 saturated heterocycles. The molecule has 0 aliphatic heterocycles. The molecule has 0 saturated carbocycles. The molecule has 0 aromatic heterocycles. The number of guanidine groups is 1. The molecular formula is C23H40IN5O3. The minimum atomic E-state index is -0.545. The van der Waals surface area contributed by atoms with Crippen LogP contribution in [0.25, 0.3) is 0 Å². The first-order valence-electron chi connectivity index (χ1n) is 10.8. The van der Waals surface area contributed by atoms with Crippen molar-refractivity contribution in [1.29, 1.82) is 0 Å². The highest BCUT2D eigenvalue weighted by molar-refractivity contribution is 14.0. The van der Waals surface area contributed by atoms with Gasteiger partial charge in [0, 0.05) is 32.2 Å². The number of unbranched alkanes of at least 4 members (excludes halogenated alkanes) is 1. The Balaban J connectivity index is 0.00000961. The number of amides is 2. The molecule has 182 valence electrons. The van der Waals surface area contributed by atoms with E-state index < -0.39 is 17.2 Å². The third-order valence-electron chi connectivity index (χ3n) is 4.25. The average molecular weight is 562 g/mol. The Labute approximate surface area is 209 Å². The number of ether oxygens (including phenoxy) is 1. The van der Waals surface area contributed by atoms with Crippen LogP contribution in [0.1, 0.15) is 70.3 Å². The number of halogens is 1. The number of alkyl carbamates (subject to hydrolysis) is 1. The number of aliphatic imine (C=N–C) groups is 1. The second kappa shape index (κ2) is 14.2. The van der Waals surface area contributed by atoms with Crippen molar-refractivity contribution in [3.8, 4) is 0 Å². The number of nitrogens with one attached hydrogen (secondary N) is 4. The van der Waals surface area contributed by atoms with Crippen LogP contribution in [0.3, 0.4) is 0 Å². The van der Waals surface area contributed by atoms with E-state index in [1.807, 2.05) is 58.9 Å². The predicted octanol–water partition coefficient (Wildman–Crippen LogP) is 3.80. The van der Waals surface area contributed by atoms with Crippen LogP contribution in [0.15, 0.2) is 29.3 Å². The van der Waals surface area contributed by atoms with Crippen LogP contribution in [0.5, 0.6) is 0 Å². The summed E-state index contributed by atoms with van der Waals surface area (Å²) in [6.45, 7) is 13.1. The van der Waals surface area contributed by atoms with E-state index in [1.54, 1.807) is 7.05 Å². The molecule has 8 nitrogen and oxygen atoms in total. The van der Waals surface area contributed by atoms with Crippen molar-refractivity contribution in [3.63, 3.8) is 0 Å². The first-order chi connectivity index (χ1) is 14.5. The highest BCUT2D eigenvalue weighted by Gasteiger charge is 2.24. The van der Waals surface area contributed by atoms with Gasteiger partial charge in [0.25, 0.3) is 5.91 Å². The molecule has 1 rings (SSSR count). The van der Waals surface area contributed by atoms with Gasteiger partial charge in [0.15, 0.2) is 5.96 Å². The fourth-order valence-electron chi connectivity index (χ4n) is 2.59. The minimum Gasteiger partial charge on any atom is -0.444 e. The van der Waals surface area contributed by atoms with Crippen molar-refractivity contribution in [2.75, 3.05) is 20.1 Å². The number of hydrogen-bond donors (Lipinski definition) is 4. The van der Waals surface area contributed by atoms with Crippen molar-refractivity contribution in [3.05, 3.63) is 35.4 Å². The molecule has 0 heterocycles. The second-order valence-electron chi connectivity index (χ2n) is 9.10. The molecule has 0 radical (unpaired) electrons. The maximum atomic E-state index is 12.1. The van der Waals surface area contributed by atoms with Gasteiger partial charge in [-0.15, -0.1) is 24.0 Å². The largest absolute Gasteiger partial charge is 0.444 e. The van der Waals surface area contributed by atoms with Gasteiger partial charge in [-0.25, -0.2) is 4.79 Å². The first kappa shape index (κ1) is 30.0. The lowest BCUT2D eigenvalue weighted by atomic mass is 10.1. The summed E-state index contributed by atoms with van der Waals surface area (Å²) in [4.78, 5) is 28.3. The summed E-state index contributed by atoms with van der Waals surface area (Å²) < 4.78 is 5.31. The molecule has 0 spiro atoms. The van der Waals surface area contributed by atoms with Crippen molar-refractivity contribution >= 4 is 41.9 Å². The lowest BCUT2D eigenvalue weighted by molar-refractivity contribution is 0.0473. The van der Waals surface area contributed by atoms with Gasteiger partial charge in [-0.1, -0.05) is 25.5 Å². The molecule has 0 bridgehead atoms. The second-order valence-corrected chi connectivity index (χ2v) is 9.10. The van der Waals surface area contributed by atoms with Gasteiger partial charge in [-0.2, -0.15) is 0 Å². The Morgan fingerprint density at radius 3 is 2.16 bits per heavy atom. The fourth-order valence-corrected chi connectivity index (χ4v) is 2.59. The predicted molar refractivity (Wildman–Crippen MR) is 141 cm³/mol. The molecule has 32 heavy (non-hydrogen) atoms. The zero-order valence-corrected chi connectivity index (χ0v) is 22.8. The van der Waals surface area contributed by atoms with Gasteiger partial charge in [0.05, 0.1) is 5.54 Å². The number of hydrogen-bond acceptors (Lipinski definition) is 4. The average Bonchev–Trinajstić information content (AvgIpc) is 2.66. The lowest BCUT2D eigenvalue weighted by Crippen LogP contribution is -2.54. The van der Waals surface area contributed by atoms with Crippen LogP contribution in [0.4, 0.5) is 4.79 Å². The van der Waals surface area contributed by atoms with E-state index in [4.69, 9.17) is 4.74 Å². The minimum absolute atomic E-state index is 0. The molecule has 0 atom stereocenters. The number of rotatable bonds is 9. The molecule has 0 aliphatic carbocycles. The van der Waals surface area contributed by atoms with Gasteiger partial charge >= 0.3 is 6.09 Å². The van der Waals surface area contributed by atoms with Crippen LogP contribution < -0.4 is 21.3 Å². The maximum absolute atomic E-state index is 12.1. The Bertz CT molecular complexity index is 743. The topological polar surface area (TPSA) is 104 Å². The van der Waals surface area contributed by atoms with Crippen LogP contribution in [-0.4, -0.2) is 49.2 Å². The third-order valence-corrected chi connectivity index (χ3v) is 4.25. The van der Waals surface area contributed by atoms with Crippen LogP contribution in [-0.2, 0) is 11.3 Å². The highest BCUT2D eigenvalue weighted by Crippen LogP contribution is 2.09. The Morgan fingerprint density at radius 1 is 1.00 bits per heavy atom. The van der Waals surface area contributed by atoms with Crippen molar-refractivity contribution in [2.45, 2.75) is 72.1 Å². The van der Waals surface area contributed by atoms with E-state index in [0.29, 0.717) is 31.2 Å². The highest BCUT2D eigenvalue weighted by atomic mass is 127. The van der Waals surface area contributed by atoms with E-state index >= 15 is 0 Å². The molecule has 4 N–H and O–H groups in total. The summed E-state index contributed by atoms with van der Waals surface area (Å²) in [5.41, 5.74) is 0.598. The van der Waals surface area contributed by atoms with Gasteiger partial charge in [0.2, 0.25) is 0 Å². The molecule has 0 fully saturated rings.